The Labute approximate surface area is 567 Å². The van der Waals surface area contributed by atoms with E-state index in [0.29, 0.717) is 64.3 Å². The zero-order valence-electron chi connectivity index (χ0n) is 50.2. The summed E-state index contributed by atoms with van der Waals surface area (Å²) in [5.74, 6) is 0. The Morgan fingerprint density at radius 1 is 0.473 bits per heavy atom. The minimum atomic E-state index is -0.498. The standard InChI is InChI=1S/C21H26BClN2O3.2C20H18Cl2N4O.C5H4BrClN2/c1-20(2)21(3,4)28-22(27-20)16-12-25(13-6-8-14(26)9-7-13)19-11-17(23)18(24-5)10-15(16)19;2*1-24-18-6-13-15(14-8-25-9-17(23)20(14)22)10-26(19(13)7-16(18)21)11-2-4-12(27)5-3-11;6-3-1-9-2-4(8)5(3)7/h10-14,26H,6-9H2,1-4H3;2*6-12,27H,2-5,23H2;1-2H,8H2. The van der Waals surface area contributed by atoms with Crippen molar-refractivity contribution in [3.8, 4) is 22.3 Å². The van der Waals surface area contributed by atoms with Gasteiger partial charge in [-0.2, -0.15) is 0 Å². The SMILES string of the molecule is Nc1cncc(Br)c1Cl.[C-]#[N+]c1cc2c(-c3cncc(N)c3Cl)cn(C3CCC(O)CC3)c2cc1Cl.[C-]#[N+]c1cc2c(-c3cncc(N)c3Cl)cn(C3CCC(O)CC3)c2cc1Cl.[C-]#[N+]c1cc2c(B3OC(C)(C)C(C)(C)O3)cn(C3CCC(O)CC3)c2cc1Cl. The molecule has 1 aliphatic heterocycles. The average Bonchev–Trinajstić information content (AvgIpc) is 1.61. The Bertz CT molecular complexity index is 4140. The maximum Gasteiger partial charge on any atom is 0.496 e. The zero-order chi connectivity index (χ0) is 65.4. The van der Waals surface area contributed by atoms with E-state index in [0.717, 1.165) is 142 Å². The van der Waals surface area contributed by atoms with Crippen LogP contribution in [0.25, 0.3) is 69.5 Å². The van der Waals surface area contributed by atoms with Gasteiger partial charge in [-0.25, -0.2) is 14.5 Å². The van der Waals surface area contributed by atoms with Gasteiger partial charge in [0.2, 0.25) is 17.1 Å². The van der Waals surface area contributed by atoms with Gasteiger partial charge in [-0.1, -0.05) is 69.6 Å². The molecule has 9 aromatic rings. The molecule has 4 fully saturated rings. The van der Waals surface area contributed by atoms with Gasteiger partial charge in [0.1, 0.15) is 0 Å². The number of hydrogen-bond acceptors (Lipinski definition) is 11. The minimum Gasteiger partial charge on any atom is -0.399 e. The first-order valence-electron chi connectivity index (χ1n) is 29.7. The molecule has 3 aromatic carbocycles. The fourth-order valence-electron chi connectivity index (χ4n) is 12.3. The van der Waals surface area contributed by atoms with Crippen LogP contribution >= 0.6 is 85.5 Å². The summed E-state index contributed by atoms with van der Waals surface area (Å²) < 4.78 is 19.9. The highest BCUT2D eigenvalue weighted by Crippen LogP contribution is 2.47. The van der Waals surface area contributed by atoms with Gasteiger partial charge in [-0.3, -0.25) is 15.0 Å². The Morgan fingerprint density at radius 2 is 0.791 bits per heavy atom. The Balaban J connectivity index is 0.000000140. The van der Waals surface area contributed by atoms with E-state index in [1.807, 2.05) is 64.4 Å². The Kier molecular flexibility index (Phi) is 20.9. The molecule has 9 N–H and O–H groups in total. The number of nitrogen functional groups attached to an aromatic ring is 3. The van der Waals surface area contributed by atoms with E-state index in [1.54, 1.807) is 30.7 Å². The van der Waals surface area contributed by atoms with Crippen LogP contribution in [0.2, 0.25) is 30.1 Å². The third-order valence-electron chi connectivity index (χ3n) is 18.0. The summed E-state index contributed by atoms with van der Waals surface area (Å²) in [7, 11) is -0.498. The van der Waals surface area contributed by atoms with Crippen LogP contribution in [0.4, 0.5) is 34.1 Å². The number of aliphatic hydroxyl groups excluding tert-OH is 3. The first-order chi connectivity index (χ1) is 43.3. The lowest BCUT2D eigenvalue weighted by Crippen LogP contribution is -2.41. The van der Waals surface area contributed by atoms with E-state index in [-0.39, 0.29) is 36.4 Å². The predicted molar refractivity (Wildman–Crippen MR) is 373 cm³/mol. The molecule has 4 aliphatic rings. The lowest BCUT2D eigenvalue weighted by molar-refractivity contribution is 0.00578. The van der Waals surface area contributed by atoms with Crippen LogP contribution in [0.15, 0.2) is 96.6 Å². The van der Waals surface area contributed by atoms with Crippen LogP contribution in [0.1, 0.15) is 123 Å². The molecule has 17 nitrogen and oxygen atoms in total. The lowest BCUT2D eigenvalue weighted by atomic mass is 9.79. The molecule has 3 saturated carbocycles. The first-order valence-corrected chi connectivity index (χ1v) is 32.8. The smallest absolute Gasteiger partial charge is 0.399 e. The summed E-state index contributed by atoms with van der Waals surface area (Å²) in [4.78, 5) is 22.8. The second-order valence-electron chi connectivity index (χ2n) is 24.4. The molecule has 7 heterocycles. The molecule has 0 unspecified atom stereocenters. The second kappa shape index (κ2) is 28.1. The van der Waals surface area contributed by atoms with E-state index < -0.39 is 18.3 Å². The molecule has 91 heavy (non-hydrogen) atoms. The average molecular weight is 1410 g/mol. The third-order valence-corrected chi connectivity index (χ3v) is 21.0. The van der Waals surface area contributed by atoms with E-state index in [4.69, 9.17) is 116 Å². The molecule has 3 aliphatic carbocycles. The fraction of sp³-hybridized carbons (Fsp3) is 0.364. The van der Waals surface area contributed by atoms with E-state index >= 15 is 0 Å². The third kappa shape index (κ3) is 14.1. The zero-order valence-corrected chi connectivity index (χ0v) is 56.4. The first kappa shape index (κ1) is 67.6. The molecule has 13 rings (SSSR count). The molecule has 6 aromatic heterocycles. The monoisotopic (exact) mass is 1410 g/mol. The van der Waals surface area contributed by atoms with Crippen LogP contribution in [-0.2, 0) is 9.31 Å². The van der Waals surface area contributed by atoms with Gasteiger partial charge >= 0.3 is 7.12 Å². The lowest BCUT2D eigenvalue weighted by Gasteiger charge is -2.32. The van der Waals surface area contributed by atoms with Gasteiger partial charge in [0.15, 0.2) is 0 Å². The maximum atomic E-state index is 9.89. The number of halogens is 7. The van der Waals surface area contributed by atoms with Crippen LogP contribution in [-0.4, -0.2) is 80.6 Å². The van der Waals surface area contributed by atoms with Gasteiger partial charge in [-0.05, 0) is 173 Å². The van der Waals surface area contributed by atoms with E-state index in [9.17, 15) is 15.3 Å². The molecular weight excluding hydrogens is 1340 g/mol. The molecule has 25 heteroatoms. The molecule has 0 bridgehead atoms. The number of hydrogen-bond donors (Lipinski definition) is 6. The van der Waals surface area contributed by atoms with Crippen molar-refractivity contribution in [1.29, 1.82) is 0 Å². The molecular formula is C66H66BBrCl6N12O5. The summed E-state index contributed by atoms with van der Waals surface area (Å²) in [5, 5.41) is 35.0. The summed E-state index contributed by atoms with van der Waals surface area (Å²) in [6.07, 6.45) is 25.1. The van der Waals surface area contributed by atoms with Gasteiger partial charge in [-0.15, -0.1) is 0 Å². The summed E-state index contributed by atoms with van der Waals surface area (Å²) in [6, 6.07) is 11.8. The predicted octanol–water partition coefficient (Wildman–Crippen LogP) is 17.9. The number of aliphatic hydroxyl groups is 3. The quantitative estimate of drug-likeness (QED) is 0.0678. The number of anilines is 3. The normalized spacial score (nSPS) is 20.9. The fourth-order valence-corrected chi connectivity index (χ4v) is 13.7. The highest BCUT2D eigenvalue weighted by Gasteiger charge is 2.52. The van der Waals surface area contributed by atoms with Gasteiger partial charge < -0.3 is 55.5 Å². The summed E-state index contributed by atoms with van der Waals surface area (Å²) >= 11 is 40.8. The topological polar surface area (TPSA) is 224 Å². The van der Waals surface area contributed by atoms with Crippen molar-refractivity contribution < 1.29 is 24.6 Å². The number of nitrogens with two attached hydrogens (primary N) is 3. The minimum absolute atomic E-state index is 0.210. The van der Waals surface area contributed by atoms with Crippen molar-refractivity contribution in [3.05, 3.63) is 161 Å². The maximum absolute atomic E-state index is 9.89. The van der Waals surface area contributed by atoms with Crippen molar-refractivity contribution in [2.45, 2.75) is 152 Å². The molecule has 0 amide bonds. The number of pyridine rings is 3. The molecule has 0 atom stereocenters. The van der Waals surface area contributed by atoms with Crippen molar-refractivity contribution in [2.24, 2.45) is 0 Å². The van der Waals surface area contributed by atoms with Crippen LogP contribution in [0, 0.1) is 19.7 Å². The van der Waals surface area contributed by atoms with Crippen molar-refractivity contribution in [3.63, 3.8) is 0 Å². The largest absolute Gasteiger partial charge is 0.496 e. The van der Waals surface area contributed by atoms with Crippen LogP contribution in [0.5, 0.6) is 0 Å². The number of nitrogens with zero attached hydrogens (tertiary/aromatic N) is 9. The van der Waals surface area contributed by atoms with Crippen LogP contribution in [0.3, 0.4) is 0 Å². The second-order valence-corrected chi connectivity index (χ2v) is 27.6. The Hall–Kier alpha value is -6.32. The van der Waals surface area contributed by atoms with Crippen molar-refractivity contribution >= 4 is 165 Å². The van der Waals surface area contributed by atoms with E-state index in [1.165, 1.54) is 18.6 Å². The van der Waals surface area contributed by atoms with Crippen LogP contribution < -0.4 is 22.7 Å². The highest BCUT2D eigenvalue weighted by atomic mass is 79.9. The molecule has 1 saturated heterocycles. The van der Waals surface area contributed by atoms with Crippen molar-refractivity contribution in [1.82, 2.24) is 28.7 Å². The van der Waals surface area contributed by atoms with E-state index in [2.05, 4.69) is 65.3 Å². The number of benzene rings is 3. The molecule has 0 spiro atoms. The summed E-state index contributed by atoms with van der Waals surface area (Å²) in [6.45, 7) is 30.4. The Morgan fingerprint density at radius 3 is 1.13 bits per heavy atom. The summed E-state index contributed by atoms with van der Waals surface area (Å²) in [5.41, 5.74) is 26.0. The molecule has 0 radical (unpaired) electrons. The number of rotatable bonds is 6. The van der Waals surface area contributed by atoms with Gasteiger partial charge in [0, 0.05) is 115 Å². The highest BCUT2D eigenvalue weighted by molar-refractivity contribution is 9.10. The van der Waals surface area contributed by atoms with Crippen molar-refractivity contribution in [2.75, 3.05) is 17.2 Å². The van der Waals surface area contributed by atoms with Gasteiger partial charge in [0.25, 0.3) is 0 Å². The molecule has 472 valence electrons. The van der Waals surface area contributed by atoms with Gasteiger partial charge in [0.05, 0.1) is 104 Å². The number of aromatic nitrogens is 6. The number of fused-ring (bicyclic) bond motifs is 3.